The van der Waals surface area contributed by atoms with Gasteiger partial charge in [0.1, 0.15) is 0 Å². The molecule has 0 bridgehead atoms. The molecular formula is C8H11N3O2. The number of carbonyl (C=O) groups excluding carboxylic acids is 1. The maximum atomic E-state index is 11.2. The van der Waals surface area contributed by atoms with Gasteiger partial charge >= 0.3 is 0 Å². The zero-order valence-corrected chi connectivity index (χ0v) is 7.43. The Morgan fingerprint density at radius 2 is 2.54 bits per heavy atom. The van der Waals surface area contributed by atoms with E-state index in [1.165, 1.54) is 5.06 Å². The van der Waals surface area contributed by atoms with E-state index in [4.69, 9.17) is 4.84 Å². The molecule has 13 heavy (non-hydrogen) atoms. The summed E-state index contributed by atoms with van der Waals surface area (Å²) < 4.78 is 1.87. The smallest absolute Gasteiger partial charge is 0.248 e. The number of hydroxylamine groups is 2. The molecule has 70 valence electrons. The second-order valence-corrected chi connectivity index (χ2v) is 3.01. The number of hydrogen-bond acceptors (Lipinski definition) is 3. The van der Waals surface area contributed by atoms with Gasteiger partial charge in [-0.25, -0.2) is 10.0 Å². The maximum Gasteiger partial charge on any atom is 0.248 e. The zero-order valence-electron chi connectivity index (χ0n) is 7.43. The van der Waals surface area contributed by atoms with Crippen molar-refractivity contribution < 1.29 is 9.63 Å². The van der Waals surface area contributed by atoms with Crippen molar-refractivity contribution in [3.05, 3.63) is 18.2 Å². The van der Waals surface area contributed by atoms with Crippen LogP contribution in [-0.4, -0.2) is 27.1 Å². The van der Waals surface area contributed by atoms with Crippen molar-refractivity contribution >= 4 is 5.91 Å². The first-order valence-electron chi connectivity index (χ1n) is 4.16. The molecule has 2 rings (SSSR count). The summed E-state index contributed by atoms with van der Waals surface area (Å²) in [6, 6.07) is 0. The summed E-state index contributed by atoms with van der Waals surface area (Å²) in [7, 11) is 1.89. The van der Waals surface area contributed by atoms with Crippen LogP contribution in [0.5, 0.6) is 0 Å². The van der Waals surface area contributed by atoms with E-state index in [0.29, 0.717) is 19.6 Å². The Labute approximate surface area is 75.9 Å². The van der Waals surface area contributed by atoms with Gasteiger partial charge in [0.15, 0.2) is 0 Å². The number of rotatable bonds is 2. The van der Waals surface area contributed by atoms with Crippen LogP contribution < -0.4 is 0 Å². The average Bonchev–Trinajstić information content (AvgIpc) is 2.65. The molecule has 1 aliphatic heterocycles. The summed E-state index contributed by atoms with van der Waals surface area (Å²) in [5.41, 5.74) is 0.968. The molecule has 0 radical (unpaired) electrons. The SMILES string of the molecule is Cn1cncc1CN1OCCC1=O. The molecule has 1 amide bonds. The van der Waals surface area contributed by atoms with Crippen molar-refractivity contribution in [2.75, 3.05) is 6.61 Å². The van der Waals surface area contributed by atoms with Crippen molar-refractivity contribution in [2.24, 2.45) is 7.05 Å². The predicted octanol–water partition coefficient (Wildman–Crippen LogP) is 0.0840. The minimum atomic E-state index is 0.0428. The lowest BCUT2D eigenvalue weighted by molar-refractivity contribution is -0.164. The van der Waals surface area contributed by atoms with E-state index in [9.17, 15) is 4.79 Å². The van der Waals surface area contributed by atoms with Crippen LogP contribution in [0.4, 0.5) is 0 Å². The van der Waals surface area contributed by atoms with Crippen molar-refractivity contribution in [2.45, 2.75) is 13.0 Å². The zero-order chi connectivity index (χ0) is 9.26. The van der Waals surface area contributed by atoms with E-state index >= 15 is 0 Å². The Morgan fingerprint density at radius 3 is 3.08 bits per heavy atom. The average molecular weight is 181 g/mol. The fourth-order valence-corrected chi connectivity index (χ4v) is 1.26. The summed E-state index contributed by atoms with van der Waals surface area (Å²) in [6.07, 6.45) is 3.92. The lowest BCUT2D eigenvalue weighted by atomic mass is 10.4. The van der Waals surface area contributed by atoms with E-state index in [-0.39, 0.29) is 5.91 Å². The molecule has 0 aromatic carbocycles. The minimum Gasteiger partial charge on any atom is -0.336 e. The van der Waals surface area contributed by atoms with E-state index in [0.717, 1.165) is 5.69 Å². The van der Waals surface area contributed by atoms with E-state index in [1.807, 2.05) is 11.6 Å². The molecule has 5 nitrogen and oxygen atoms in total. The molecule has 2 heterocycles. The largest absolute Gasteiger partial charge is 0.336 e. The van der Waals surface area contributed by atoms with Crippen molar-refractivity contribution in [3.8, 4) is 0 Å². The molecule has 0 atom stereocenters. The number of aromatic nitrogens is 2. The molecular weight excluding hydrogens is 170 g/mol. The third-order valence-electron chi connectivity index (χ3n) is 2.06. The van der Waals surface area contributed by atoms with Gasteiger partial charge in [0.25, 0.3) is 0 Å². The molecule has 0 N–H and O–H groups in total. The molecule has 0 saturated carbocycles. The van der Waals surface area contributed by atoms with Gasteiger partial charge in [-0.3, -0.25) is 9.63 Å². The van der Waals surface area contributed by atoms with Gasteiger partial charge in [-0.2, -0.15) is 0 Å². The number of aryl methyl sites for hydroxylation is 1. The lowest BCUT2D eigenvalue weighted by Crippen LogP contribution is -2.23. The molecule has 1 fully saturated rings. The molecule has 1 aromatic rings. The number of nitrogens with zero attached hydrogens (tertiary/aromatic N) is 3. The first-order valence-corrected chi connectivity index (χ1v) is 4.16. The minimum absolute atomic E-state index is 0.0428. The van der Waals surface area contributed by atoms with Gasteiger partial charge in [0.05, 0.1) is 37.8 Å². The molecule has 5 heteroatoms. The van der Waals surface area contributed by atoms with Gasteiger partial charge in [-0.15, -0.1) is 0 Å². The highest BCUT2D eigenvalue weighted by molar-refractivity contribution is 5.76. The summed E-state index contributed by atoms with van der Waals surface area (Å²) >= 11 is 0. The maximum absolute atomic E-state index is 11.2. The third-order valence-corrected chi connectivity index (χ3v) is 2.06. The van der Waals surface area contributed by atoms with Crippen molar-refractivity contribution in [3.63, 3.8) is 0 Å². The van der Waals surface area contributed by atoms with Gasteiger partial charge in [0, 0.05) is 7.05 Å². The van der Waals surface area contributed by atoms with E-state index in [2.05, 4.69) is 4.98 Å². The first-order chi connectivity index (χ1) is 6.27. The Morgan fingerprint density at radius 1 is 1.69 bits per heavy atom. The lowest BCUT2D eigenvalue weighted by Gasteiger charge is -2.13. The Balaban J connectivity index is 2.06. The van der Waals surface area contributed by atoms with Crippen LogP contribution in [0.1, 0.15) is 12.1 Å². The predicted molar refractivity (Wildman–Crippen MR) is 44.3 cm³/mol. The van der Waals surface area contributed by atoms with E-state index in [1.54, 1.807) is 12.5 Å². The van der Waals surface area contributed by atoms with Crippen LogP contribution in [0.15, 0.2) is 12.5 Å². The van der Waals surface area contributed by atoms with Gasteiger partial charge in [-0.05, 0) is 0 Å². The first kappa shape index (κ1) is 8.25. The van der Waals surface area contributed by atoms with Crippen LogP contribution in [0.2, 0.25) is 0 Å². The number of imidazole rings is 1. The van der Waals surface area contributed by atoms with Crippen molar-refractivity contribution in [1.29, 1.82) is 0 Å². The highest BCUT2D eigenvalue weighted by atomic mass is 16.7. The molecule has 0 spiro atoms. The number of hydrogen-bond donors (Lipinski definition) is 0. The molecule has 1 aromatic heterocycles. The normalized spacial score (nSPS) is 17.0. The quantitative estimate of drug-likeness (QED) is 0.649. The van der Waals surface area contributed by atoms with Gasteiger partial charge in [0.2, 0.25) is 5.91 Å². The molecule has 0 unspecified atom stereocenters. The monoisotopic (exact) mass is 181 g/mol. The second kappa shape index (κ2) is 3.18. The second-order valence-electron chi connectivity index (χ2n) is 3.01. The van der Waals surface area contributed by atoms with Crippen molar-refractivity contribution in [1.82, 2.24) is 14.6 Å². The summed E-state index contributed by atoms with van der Waals surface area (Å²) in [6.45, 7) is 0.978. The topological polar surface area (TPSA) is 47.4 Å². The van der Waals surface area contributed by atoms with E-state index < -0.39 is 0 Å². The van der Waals surface area contributed by atoms with Crippen LogP contribution in [0, 0.1) is 0 Å². The van der Waals surface area contributed by atoms with Crippen LogP contribution in [0.25, 0.3) is 0 Å². The van der Waals surface area contributed by atoms with Crippen LogP contribution >= 0.6 is 0 Å². The Kier molecular flexibility index (Phi) is 2.02. The molecule has 0 aliphatic carbocycles. The third kappa shape index (κ3) is 1.55. The molecule has 1 saturated heterocycles. The van der Waals surface area contributed by atoms with Crippen LogP contribution in [0.3, 0.4) is 0 Å². The fourth-order valence-electron chi connectivity index (χ4n) is 1.26. The summed E-state index contributed by atoms with van der Waals surface area (Å²) in [5.74, 6) is 0.0428. The molecule has 1 aliphatic rings. The number of carbonyl (C=O) groups is 1. The van der Waals surface area contributed by atoms with Gasteiger partial charge in [-0.1, -0.05) is 0 Å². The Hall–Kier alpha value is -1.36. The van der Waals surface area contributed by atoms with Crippen LogP contribution in [-0.2, 0) is 23.2 Å². The fraction of sp³-hybridized carbons (Fsp3) is 0.500. The Bertz CT molecular complexity index is 321. The number of amides is 1. The summed E-state index contributed by atoms with van der Waals surface area (Å²) in [5, 5.41) is 1.39. The van der Waals surface area contributed by atoms with Gasteiger partial charge < -0.3 is 4.57 Å². The summed E-state index contributed by atoms with van der Waals surface area (Å²) in [4.78, 5) is 20.3. The standard InChI is InChI=1S/C8H11N3O2/c1-10-6-9-4-7(10)5-11-8(12)2-3-13-11/h4,6H,2-3,5H2,1H3. The highest BCUT2D eigenvalue weighted by Crippen LogP contribution is 2.11. The highest BCUT2D eigenvalue weighted by Gasteiger charge is 2.22.